The van der Waals surface area contributed by atoms with Crippen LogP contribution in [-0.4, -0.2) is 19.8 Å². The largest absolute Gasteiger partial charge is 1.00 e. The minimum atomic E-state index is 0. The van der Waals surface area contributed by atoms with E-state index in [1.54, 1.807) is 0 Å². The van der Waals surface area contributed by atoms with Crippen molar-refractivity contribution in [3.8, 4) is 5.75 Å². The molecular formula is C17H29NaO2. The average Bonchev–Trinajstić information content (AvgIpc) is 2.46. The van der Waals surface area contributed by atoms with Crippen molar-refractivity contribution in [1.29, 1.82) is 0 Å². The van der Waals surface area contributed by atoms with E-state index in [1.165, 1.54) is 44.9 Å². The number of para-hydroxylation sites is 1. The van der Waals surface area contributed by atoms with E-state index in [0.717, 1.165) is 12.4 Å². The molecular weight excluding hydrogens is 259 g/mol. The van der Waals surface area contributed by atoms with E-state index in [4.69, 9.17) is 9.47 Å². The first-order valence-electron chi connectivity index (χ1n) is 7.69. The van der Waals surface area contributed by atoms with Crippen molar-refractivity contribution in [3.63, 3.8) is 0 Å². The average molecular weight is 288 g/mol. The molecule has 0 aliphatic rings. The number of unbranched alkanes of at least 4 members (excludes halogenated alkanes) is 6. The Hall–Kier alpha value is -0.0200. The van der Waals surface area contributed by atoms with Crippen LogP contribution in [0.2, 0.25) is 0 Å². The molecule has 0 aromatic heterocycles. The van der Waals surface area contributed by atoms with Gasteiger partial charge in [-0.25, -0.2) is 0 Å². The first kappa shape index (κ1) is 20.0. The second-order valence-electron chi connectivity index (χ2n) is 4.90. The molecule has 0 amide bonds. The fourth-order valence-corrected chi connectivity index (χ4v) is 2.00. The minimum Gasteiger partial charge on any atom is -1.00 e. The zero-order valence-electron chi connectivity index (χ0n) is 14.3. The number of hydrogen-bond acceptors (Lipinski definition) is 2. The third-order valence-electron chi connectivity index (χ3n) is 3.13. The van der Waals surface area contributed by atoms with E-state index < -0.39 is 0 Å². The van der Waals surface area contributed by atoms with Gasteiger partial charge in [0.15, 0.2) is 0 Å². The predicted molar refractivity (Wildman–Crippen MR) is 81.9 cm³/mol. The van der Waals surface area contributed by atoms with Crippen LogP contribution in [0.25, 0.3) is 0 Å². The number of benzene rings is 1. The van der Waals surface area contributed by atoms with Crippen molar-refractivity contribution in [2.45, 2.75) is 51.9 Å². The zero-order valence-corrected chi connectivity index (χ0v) is 15.3. The summed E-state index contributed by atoms with van der Waals surface area (Å²) in [6, 6.07) is 9.89. The monoisotopic (exact) mass is 288 g/mol. The third-order valence-corrected chi connectivity index (χ3v) is 3.13. The second kappa shape index (κ2) is 15.4. The van der Waals surface area contributed by atoms with Gasteiger partial charge in [-0.05, 0) is 18.6 Å². The summed E-state index contributed by atoms with van der Waals surface area (Å²) in [4.78, 5) is 0. The first-order chi connectivity index (χ1) is 9.43. The zero-order chi connectivity index (χ0) is 13.6. The fourth-order valence-electron chi connectivity index (χ4n) is 2.00. The summed E-state index contributed by atoms with van der Waals surface area (Å²) in [5.74, 6) is 0.919. The molecule has 2 nitrogen and oxygen atoms in total. The van der Waals surface area contributed by atoms with Gasteiger partial charge >= 0.3 is 29.6 Å². The maximum atomic E-state index is 5.56. The molecule has 3 heteroatoms. The Kier molecular flexibility index (Phi) is 15.4. The van der Waals surface area contributed by atoms with E-state index in [0.29, 0.717) is 13.2 Å². The number of hydrogen-bond donors (Lipinski definition) is 0. The molecule has 0 heterocycles. The molecule has 0 aliphatic carbocycles. The topological polar surface area (TPSA) is 18.5 Å². The molecule has 110 valence electrons. The summed E-state index contributed by atoms with van der Waals surface area (Å²) >= 11 is 0. The minimum absolute atomic E-state index is 0. The van der Waals surface area contributed by atoms with Gasteiger partial charge in [0.2, 0.25) is 0 Å². The molecule has 0 saturated heterocycles. The third kappa shape index (κ3) is 11.8. The molecule has 0 N–H and O–H groups in total. The first-order valence-corrected chi connectivity index (χ1v) is 7.69. The quantitative estimate of drug-likeness (QED) is 0.432. The van der Waals surface area contributed by atoms with Crippen molar-refractivity contribution < 1.29 is 40.5 Å². The summed E-state index contributed by atoms with van der Waals surface area (Å²) in [5.41, 5.74) is 0. The van der Waals surface area contributed by atoms with Crippen LogP contribution in [0.3, 0.4) is 0 Å². The maximum Gasteiger partial charge on any atom is 1.00 e. The van der Waals surface area contributed by atoms with Gasteiger partial charge in [0, 0.05) is 6.61 Å². The van der Waals surface area contributed by atoms with E-state index in [-0.39, 0.29) is 31.0 Å². The van der Waals surface area contributed by atoms with Crippen LogP contribution in [0.1, 0.15) is 53.3 Å². The van der Waals surface area contributed by atoms with Crippen molar-refractivity contribution >= 4 is 0 Å². The van der Waals surface area contributed by atoms with Crippen LogP contribution < -0.4 is 34.3 Å². The molecule has 0 spiro atoms. The van der Waals surface area contributed by atoms with Gasteiger partial charge in [0.25, 0.3) is 0 Å². The summed E-state index contributed by atoms with van der Waals surface area (Å²) < 4.78 is 11.1. The number of ether oxygens (including phenoxy) is 2. The molecule has 1 rings (SSSR count). The Morgan fingerprint density at radius 1 is 0.800 bits per heavy atom. The predicted octanol–water partition coefficient (Wildman–Crippen LogP) is 1.95. The molecule has 0 atom stereocenters. The summed E-state index contributed by atoms with van der Waals surface area (Å²) in [6.45, 7) is 4.45. The fraction of sp³-hybridized carbons (Fsp3) is 0.647. The standard InChI is InChI=1S/C17H28O2.Na.H/c1-2-3-4-5-6-7-11-14-18-15-16-19-17-12-9-8-10-13-17;;/h8-10,12-13H,2-7,11,14-16H2,1H3;;/q;+1;-1. The normalized spacial score (nSPS) is 10.1. The van der Waals surface area contributed by atoms with Gasteiger partial charge in [-0.3, -0.25) is 0 Å². The van der Waals surface area contributed by atoms with Crippen LogP contribution >= 0.6 is 0 Å². The Balaban J connectivity index is 0. The second-order valence-corrected chi connectivity index (χ2v) is 4.90. The maximum absolute atomic E-state index is 5.56. The van der Waals surface area contributed by atoms with Gasteiger partial charge in [0.1, 0.15) is 12.4 Å². The van der Waals surface area contributed by atoms with Gasteiger partial charge in [-0.1, -0.05) is 63.6 Å². The van der Waals surface area contributed by atoms with Crippen molar-refractivity contribution in [3.05, 3.63) is 30.3 Å². The molecule has 0 saturated carbocycles. The van der Waals surface area contributed by atoms with Crippen molar-refractivity contribution in [2.24, 2.45) is 0 Å². The van der Waals surface area contributed by atoms with Gasteiger partial charge in [-0.2, -0.15) is 0 Å². The van der Waals surface area contributed by atoms with Crippen LogP contribution in [0, 0.1) is 0 Å². The van der Waals surface area contributed by atoms with Crippen molar-refractivity contribution in [2.75, 3.05) is 19.8 Å². The van der Waals surface area contributed by atoms with Gasteiger partial charge in [-0.15, -0.1) is 0 Å². The smallest absolute Gasteiger partial charge is 1.00 e. The molecule has 1 aromatic carbocycles. The molecule has 0 unspecified atom stereocenters. The Bertz CT molecular complexity index is 296. The van der Waals surface area contributed by atoms with Crippen LogP contribution in [0.15, 0.2) is 30.3 Å². The summed E-state index contributed by atoms with van der Waals surface area (Å²) in [6.07, 6.45) is 9.30. The van der Waals surface area contributed by atoms with Crippen LogP contribution in [0.4, 0.5) is 0 Å². The molecule has 0 bridgehead atoms. The SMILES string of the molecule is CCCCCCCCCOCCOc1ccccc1.[H-].[Na+]. The van der Waals surface area contributed by atoms with E-state index in [1.807, 2.05) is 30.3 Å². The van der Waals surface area contributed by atoms with E-state index in [2.05, 4.69) is 6.92 Å². The Morgan fingerprint density at radius 2 is 1.45 bits per heavy atom. The molecule has 0 fully saturated rings. The van der Waals surface area contributed by atoms with E-state index >= 15 is 0 Å². The van der Waals surface area contributed by atoms with Gasteiger partial charge in [0.05, 0.1) is 6.61 Å². The summed E-state index contributed by atoms with van der Waals surface area (Å²) in [5, 5.41) is 0. The Morgan fingerprint density at radius 3 is 2.15 bits per heavy atom. The number of rotatable bonds is 12. The van der Waals surface area contributed by atoms with Crippen LogP contribution in [0.5, 0.6) is 5.75 Å². The van der Waals surface area contributed by atoms with E-state index in [9.17, 15) is 0 Å². The van der Waals surface area contributed by atoms with Crippen molar-refractivity contribution in [1.82, 2.24) is 0 Å². The molecule has 1 aromatic rings. The van der Waals surface area contributed by atoms with Gasteiger partial charge < -0.3 is 10.9 Å². The molecule has 0 aliphatic heterocycles. The van der Waals surface area contributed by atoms with Crippen LogP contribution in [-0.2, 0) is 4.74 Å². The molecule has 20 heavy (non-hydrogen) atoms. The molecule has 0 radical (unpaired) electrons. The Labute approximate surface area is 148 Å². The summed E-state index contributed by atoms with van der Waals surface area (Å²) in [7, 11) is 0.